The minimum absolute atomic E-state index is 0.385. The molecule has 0 aromatic carbocycles. The fourth-order valence-corrected chi connectivity index (χ4v) is 1.43. The average molecular weight is 172 g/mol. The Morgan fingerprint density at radius 3 is 2.00 bits per heavy atom. The first-order chi connectivity index (χ1) is 5.52. The molecule has 0 fully saturated rings. The first-order valence-electron chi connectivity index (χ1n) is 5.14. The van der Waals surface area contributed by atoms with Crippen LogP contribution in [-0.2, 0) is 4.74 Å². The highest BCUT2D eigenvalue weighted by Gasteiger charge is 2.04. The quantitative estimate of drug-likeness (QED) is 0.596. The summed E-state index contributed by atoms with van der Waals surface area (Å²) in [6.07, 6.45) is 2.91. The molecule has 1 heteroatoms. The van der Waals surface area contributed by atoms with Crippen LogP contribution in [0, 0.1) is 11.8 Å². The predicted molar refractivity (Wildman–Crippen MR) is 54.3 cm³/mol. The van der Waals surface area contributed by atoms with Crippen LogP contribution in [0.15, 0.2) is 0 Å². The second-order valence-corrected chi connectivity index (χ2v) is 4.44. The Balaban J connectivity index is 3.25. The van der Waals surface area contributed by atoms with E-state index in [1.807, 2.05) is 0 Å². The van der Waals surface area contributed by atoms with Gasteiger partial charge in [-0.15, -0.1) is 0 Å². The lowest BCUT2D eigenvalue weighted by molar-refractivity contribution is 0.0681. The van der Waals surface area contributed by atoms with Crippen molar-refractivity contribution in [3.63, 3.8) is 0 Å². The summed E-state index contributed by atoms with van der Waals surface area (Å²) in [5.74, 6) is 1.63. The van der Waals surface area contributed by atoms with Crippen LogP contribution >= 0.6 is 0 Å². The smallest absolute Gasteiger partial charge is 0.0518 e. The van der Waals surface area contributed by atoms with Crippen LogP contribution in [-0.4, -0.2) is 12.7 Å². The number of hydrogen-bond donors (Lipinski definition) is 0. The van der Waals surface area contributed by atoms with Gasteiger partial charge in [0, 0.05) is 6.61 Å². The summed E-state index contributed by atoms with van der Waals surface area (Å²) in [6.45, 7) is 12.0. The van der Waals surface area contributed by atoms with Crippen LogP contribution in [0.3, 0.4) is 0 Å². The molecule has 0 saturated carbocycles. The molecule has 0 heterocycles. The highest BCUT2D eigenvalue weighted by Crippen LogP contribution is 2.14. The highest BCUT2D eigenvalue weighted by atomic mass is 16.5. The van der Waals surface area contributed by atoms with E-state index in [2.05, 4.69) is 34.6 Å². The van der Waals surface area contributed by atoms with Crippen molar-refractivity contribution >= 4 is 0 Å². The Morgan fingerprint density at radius 2 is 1.58 bits per heavy atom. The third-order valence-corrected chi connectivity index (χ3v) is 1.94. The summed E-state index contributed by atoms with van der Waals surface area (Å²) in [4.78, 5) is 0. The molecule has 0 aromatic heterocycles. The van der Waals surface area contributed by atoms with E-state index in [1.54, 1.807) is 0 Å². The molecule has 0 aliphatic heterocycles. The van der Waals surface area contributed by atoms with Crippen LogP contribution < -0.4 is 0 Å². The molecule has 1 nitrogen and oxygen atoms in total. The van der Waals surface area contributed by atoms with E-state index in [1.165, 1.54) is 12.8 Å². The SMILES string of the molecule is CC(C)CC(C)CCOC(C)C. The minimum Gasteiger partial charge on any atom is -0.379 e. The van der Waals surface area contributed by atoms with Gasteiger partial charge in [0.1, 0.15) is 0 Å². The van der Waals surface area contributed by atoms with Crippen molar-refractivity contribution in [3.8, 4) is 0 Å². The summed E-state index contributed by atoms with van der Waals surface area (Å²) >= 11 is 0. The third kappa shape index (κ3) is 8.06. The van der Waals surface area contributed by atoms with Gasteiger partial charge >= 0.3 is 0 Å². The molecule has 0 amide bonds. The van der Waals surface area contributed by atoms with Gasteiger partial charge in [-0.25, -0.2) is 0 Å². The molecule has 0 aromatic rings. The summed E-state index contributed by atoms with van der Waals surface area (Å²) in [5, 5.41) is 0. The van der Waals surface area contributed by atoms with Crippen molar-refractivity contribution in [2.24, 2.45) is 11.8 Å². The lowest BCUT2D eigenvalue weighted by Crippen LogP contribution is -2.08. The van der Waals surface area contributed by atoms with E-state index in [0.717, 1.165) is 18.4 Å². The summed E-state index contributed by atoms with van der Waals surface area (Å²) in [6, 6.07) is 0. The standard InChI is InChI=1S/C11H24O/c1-9(2)8-11(5)6-7-12-10(3)4/h9-11H,6-8H2,1-5H3. The predicted octanol–water partition coefficient (Wildman–Crippen LogP) is 3.48. The fraction of sp³-hybridized carbons (Fsp3) is 1.00. The first kappa shape index (κ1) is 12.0. The normalized spacial score (nSPS) is 14.2. The van der Waals surface area contributed by atoms with Gasteiger partial charge in [-0.1, -0.05) is 20.8 Å². The van der Waals surface area contributed by atoms with Gasteiger partial charge < -0.3 is 4.74 Å². The Morgan fingerprint density at radius 1 is 1.00 bits per heavy atom. The zero-order chi connectivity index (χ0) is 9.56. The molecule has 0 spiro atoms. The van der Waals surface area contributed by atoms with E-state index in [-0.39, 0.29) is 0 Å². The summed E-state index contributed by atoms with van der Waals surface area (Å²) in [5.41, 5.74) is 0. The van der Waals surface area contributed by atoms with E-state index >= 15 is 0 Å². The first-order valence-corrected chi connectivity index (χ1v) is 5.14. The van der Waals surface area contributed by atoms with Crippen molar-refractivity contribution in [2.75, 3.05) is 6.61 Å². The maximum absolute atomic E-state index is 5.49. The maximum Gasteiger partial charge on any atom is 0.0518 e. The highest BCUT2D eigenvalue weighted by molar-refractivity contribution is 4.55. The van der Waals surface area contributed by atoms with Crippen molar-refractivity contribution < 1.29 is 4.74 Å². The molecule has 0 N–H and O–H groups in total. The maximum atomic E-state index is 5.49. The zero-order valence-electron chi connectivity index (χ0n) is 9.26. The molecule has 1 atom stereocenters. The summed E-state index contributed by atoms with van der Waals surface area (Å²) < 4.78 is 5.49. The number of ether oxygens (including phenoxy) is 1. The van der Waals surface area contributed by atoms with Gasteiger partial charge in [-0.2, -0.15) is 0 Å². The van der Waals surface area contributed by atoms with Gasteiger partial charge in [-0.3, -0.25) is 0 Å². The molecule has 1 unspecified atom stereocenters. The lowest BCUT2D eigenvalue weighted by atomic mass is 9.96. The van der Waals surface area contributed by atoms with Crippen LogP contribution in [0.1, 0.15) is 47.5 Å². The van der Waals surface area contributed by atoms with Crippen molar-refractivity contribution in [2.45, 2.75) is 53.6 Å². The third-order valence-electron chi connectivity index (χ3n) is 1.94. The van der Waals surface area contributed by atoms with Crippen LogP contribution in [0.2, 0.25) is 0 Å². The van der Waals surface area contributed by atoms with Crippen LogP contribution in [0.5, 0.6) is 0 Å². The Bertz CT molecular complexity index is 97.2. The molecular formula is C11H24O. The van der Waals surface area contributed by atoms with Crippen molar-refractivity contribution in [3.05, 3.63) is 0 Å². The van der Waals surface area contributed by atoms with Gasteiger partial charge in [-0.05, 0) is 38.5 Å². The van der Waals surface area contributed by atoms with E-state index < -0.39 is 0 Å². The fourth-order valence-electron chi connectivity index (χ4n) is 1.43. The molecule has 0 radical (unpaired) electrons. The average Bonchev–Trinajstić information content (AvgIpc) is 1.84. The molecule has 0 rings (SSSR count). The molecule has 0 aliphatic rings. The molecule has 0 saturated heterocycles. The molecular weight excluding hydrogens is 148 g/mol. The Hall–Kier alpha value is -0.0400. The van der Waals surface area contributed by atoms with Gasteiger partial charge in [0.25, 0.3) is 0 Å². The lowest BCUT2D eigenvalue weighted by Gasteiger charge is -2.14. The largest absolute Gasteiger partial charge is 0.379 e. The second-order valence-electron chi connectivity index (χ2n) is 4.44. The molecule has 0 aliphatic carbocycles. The molecule has 12 heavy (non-hydrogen) atoms. The monoisotopic (exact) mass is 172 g/mol. The van der Waals surface area contributed by atoms with Crippen LogP contribution in [0.4, 0.5) is 0 Å². The minimum atomic E-state index is 0.385. The Labute approximate surface area is 77.5 Å². The zero-order valence-corrected chi connectivity index (χ0v) is 9.26. The Kier molecular flexibility index (Phi) is 6.45. The van der Waals surface area contributed by atoms with E-state index in [9.17, 15) is 0 Å². The summed E-state index contributed by atoms with van der Waals surface area (Å²) in [7, 11) is 0. The van der Waals surface area contributed by atoms with Gasteiger partial charge in [0.2, 0.25) is 0 Å². The van der Waals surface area contributed by atoms with Crippen molar-refractivity contribution in [1.82, 2.24) is 0 Å². The molecule has 74 valence electrons. The van der Waals surface area contributed by atoms with E-state index in [0.29, 0.717) is 6.10 Å². The van der Waals surface area contributed by atoms with Gasteiger partial charge in [0.05, 0.1) is 6.10 Å². The topological polar surface area (TPSA) is 9.23 Å². The number of rotatable bonds is 6. The van der Waals surface area contributed by atoms with E-state index in [4.69, 9.17) is 4.74 Å². The van der Waals surface area contributed by atoms with Crippen LogP contribution in [0.25, 0.3) is 0 Å². The van der Waals surface area contributed by atoms with Gasteiger partial charge in [0.15, 0.2) is 0 Å². The number of hydrogen-bond acceptors (Lipinski definition) is 1. The van der Waals surface area contributed by atoms with Crippen molar-refractivity contribution in [1.29, 1.82) is 0 Å². The second kappa shape index (κ2) is 6.47. The molecule has 0 bridgehead atoms.